The van der Waals surface area contributed by atoms with Gasteiger partial charge in [0.05, 0.1) is 25.4 Å². The van der Waals surface area contributed by atoms with E-state index in [1.165, 1.54) is 154 Å². The third-order valence-corrected chi connectivity index (χ3v) is 13.1. The molecule has 9 atom stereocenters. The van der Waals surface area contributed by atoms with E-state index in [2.05, 4.69) is 55.6 Å². The number of aliphatic hydroxyl groups excluding tert-OH is 7. The smallest absolute Gasteiger partial charge is 0.249 e. The van der Waals surface area contributed by atoms with Gasteiger partial charge in [-0.1, -0.05) is 198 Å². The summed E-state index contributed by atoms with van der Waals surface area (Å²) in [7, 11) is 0. The first-order valence-electron chi connectivity index (χ1n) is 27.4. The summed E-state index contributed by atoms with van der Waals surface area (Å²) in [6, 6.07) is -1.20. The zero-order valence-electron chi connectivity index (χ0n) is 42.2. The van der Waals surface area contributed by atoms with E-state index in [1.807, 2.05) is 0 Å². The van der Waals surface area contributed by atoms with Gasteiger partial charge in [0.25, 0.3) is 0 Å². The second-order valence-corrected chi connectivity index (χ2v) is 19.3. The van der Waals surface area contributed by atoms with Crippen LogP contribution in [0.5, 0.6) is 0 Å². The number of aliphatic hydroxyl groups is 7. The summed E-state index contributed by atoms with van der Waals surface area (Å²) in [5, 5.41) is 75.8. The molecule has 1 aliphatic heterocycles. The lowest BCUT2D eigenvalue weighted by atomic mass is 9.98. The fraction of sp³-hybridized carbons (Fsp3) is 0.873. The number of ether oxygens (including phenoxy) is 2. The summed E-state index contributed by atoms with van der Waals surface area (Å²) in [6.07, 6.45) is 42.2. The Morgan fingerprint density at radius 2 is 0.909 bits per heavy atom. The maximum absolute atomic E-state index is 13.1. The van der Waals surface area contributed by atoms with Gasteiger partial charge in [0.2, 0.25) is 5.91 Å². The van der Waals surface area contributed by atoms with Crippen LogP contribution < -0.4 is 5.32 Å². The molecular formula is C55H103NO10. The third kappa shape index (κ3) is 33.0. The van der Waals surface area contributed by atoms with E-state index >= 15 is 0 Å². The lowest BCUT2D eigenvalue weighted by molar-refractivity contribution is -0.303. The molecule has 0 bridgehead atoms. The number of amides is 1. The van der Waals surface area contributed by atoms with Gasteiger partial charge in [-0.05, 0) is 77.0 Å². The summed E-state index contributed by atoms with van der Waals surface area (Å²) in [4.78, 5) is 13.1. The van der Waals surface area contributed by atoms with Crippen molar-refractivity contribution in [3.05, 3.63) is 36.5 Å². The number of carbonyl (C=O) groups excluding carboxylic acids is 1. The van der Waals surface area contributed by atoms with Gasteiger partial charge < -0.3 is 50.5 Å². The number of allylic oxidation sites excluding steroid dienone is 6. The van der Waals surface area contributed by atoms with Crippen LogP contribution in [0, 0.1) is 0 Å². The fourth-order valence-corrected chi connectivity index (χ4v) is 8.63. The first kappa shape index (κ1) is 62.3. The minimum atomic E-state index is -1.67. The van der Waals surface area contributed by atoms with Gasteiger partial charge in [-0.25, -0.2) is 0 Å². The fourth-order valence-electron chi connectivity index (χ4n) is 8.63. The van der Waals surface area contributed by atoms with Gasteiger partial charge in [0, 0.05) is 0 Å². The highest BCUT2D eigenvalue weighted by molar-refractivity contribution is 5.80. The molecule has 0 aromatic carbocycles. The SMILES string of the molecule is CCCCCCCC/C=C\CCCCC(O)C(=O)NC(COC1OC(CO)C(O)C(O)C1O)C(O)C(O)CCC/C=C/CC/C=C/CCCCCCCCCCCCCCCCCCCC. The predicted molar refractivity (Wildman–Crippen MR) is 270 cm³/mol. The number of rotatable bonds is 46. The average Bonchev–Trinajstić information content (AvgIpc) is 3.32. The number of hydrogen-bond donors (Lipinski definition) is 8. The maximum Gasteiger partial charge on any atom is 0.249 e. The highest BCUT2D eigenvalue weighted by atomic mass is 16.7. The van der Waals surface area contributed by atoms with Crippen molar-refractivity contribution in [2.24, 2.45) is 0 Å². The number of carbonyl (C=O) groups is 1. The van der Waals surface area contributed by atoms with Crippen LogP contribution in [0.3, 0.4) is 0 Å². The molecule has 11 heteroatoms. The molecule has 1 aliphatic rings. The topological polar surface area (TPSA) is 189 Å². The third-order valence-electron chi connectivity index (χ3n) is 13.1. The van der Waals surface area contributed by atoms with Crippen molar-refractivity contribution in [3.63, 3.8) is 0 Å². The molecule has 66 heavy (non-hydrogen) atoms. The average molecular weight is 938 g/mol. The normalized spacial score (nSPS) is 21.0. The summed E-state index contributed by atoms with van der Waals surface area (Å²) in [6.45, 7) is 3.41. The number of nitrogens with one attached hydrogen (secondary N) is 1. The standard InChI is InChI=1S/C55H103NO10/c1-3-5-7-9-11-13-15-17-18-19-20-21-22-23-24-25-26-27-28-29-30-31-33-34-36-38-40-42-47(58)50(60)46(45-65-55-53(63)52(62)51(61)49(44-57)66-55)56-54(64)48(59)43-41-39-37-35-32-16-14-12-10-8-6-4-2/h29-30,32,34-36,46-53,55,57-63H,3-28,31,33,37-45H2,1-2H3,(H,56,64)/b30-29+,35-32-,36-34+. The Morgan fingerprint density at radius 1 is 0.515 bits per heavy atom. The Labute approximate surface area is 403 Å². The molecular weight excluding hydrogens is 835 g/mol. The molecule has 1 amide bonds. The van der Waals surface area contributed by atoms with Crippen LogP contribution in [0.15, 0.2) is 36.5 Å². The zero-order valence-corrected chi connectivity index (χ0v) is 42.2. The molecule has 388 valence electrons. The van der Waals surface area contributed by atoms with Gasteiger partial charge in [0.15, 0.2) is 6.29 Å². The summed E-state index contributed by atoms with van der Waals surface area (Å²) in [5.41, 5.74) is 0. The molecule has 0 radical (unpaired) electrons. The van der Waals surface area contributed by atoms with Crippen molar-refractivity contribution in [1.82, 2.24) is 5.32 Å². The van der Waals surface area contributed by atoms with Gasteiger partial charge in [-0.2, -0.15) is 0 Å². The Hall–Kier alpha value is -1.67. The van der Waals surface area contributed by atoms with Crippen LogP contribution in [0.25, 0.3) is 0 Å². The van der Waals surface area contributed by atoms with Crippen LogP contribution in [-0.2, 0) is 14.3 Å². The molecule has 0 aromatic heterocycles. The van der Waals surface area contributed by atoms with E-state index in [0.717, 1.165) is 38.5 Å². The molecule has 1 heterocycles. The summed E-state index contributed by atoms with van der Waals surface area (Å²) < 4.78 is 11.1. The van der Waals surface area contributed by atoms with E-state index < -0.39 is 74.2 Å². The van der Waals surface area contributed by atoms with Crippen molar-refractivity contribution in [1.29, 1.82) is 0 Å². The van der Waals surface area contributed by atoms with Crippen molar-refractivity contribution in [2.75, 3.05) is 13.2 Å². The predicted octanol–water partition coefficient (Wildman–Crippen LogP) is 10.7. The quantitative estimate of drug-likeness (QED) is 0.0215. The van der Waals surface area contributed by atoms with Gasteiger partial charge in [0.1, 0.15) is 36.6 Å². The largest absolute Gasteiger partial charge is 0.394 e. The molecule has 0 spiro atoms. The van der Waals surface area contributed by atoms with Crippen LogP contribution in [0.2, 0.25) is 0 Å². The minimum absolute atomic E-state index is 0.220. The second-order valence-electron chi connectivity index (χ2n) is 19.3. The molecule has 0 saturated carbocycles. The first-order valence-corrected chi connectivity index (χ1v) is 27.4. The molecule has 0 aromatic rings. The monoisotopic (exact) mass is 938 g/mol. The Morgan fingerprint density at radius 3 is 1.35 bits per heavy atom. The number of unbranched alkanes of at least 4 members (excludes halogenated alkanes) is 28. The Balaban J connectivity index is 2.33. The van der Waals surface area contributed by atoms with Gasteiger partial charge >= 0.3 is 0 Å². The molecule has 8 N–H and O–H groups in total. The molecule has 9 unspecified atom stereocenters. The van der Waals surface area contributed by atoms with Gasteiger partial charge in [-0.3, -0.25) is 4.79 Å². The van der Waals surface area contributed by atoms with E-state index in [1.54, 1.807) is 0 Å². The first-order chi connectivity index (χ1) is 32.2. The molecule has 1 fully saturated rings. The maximum atomic E-state index is 13.1. The van der Waals surface area contributed by atoms with Crippen molar-refractivity contribution in [2.45, 2.75) is 294 Å². The number of hydrogen-bond acceptors (Lipinski definition) is 10. The summed E-state index contributed by atoms with van der Waals surface area (Å²) in [5.74, 6) is -0.727. The van der Waals surface area contributed by atoms with E-state index in [9.17, 15) is 40.5 Å². The van der Waals surface area contributed by atoms with Crippen molar-refractivity contribution >= 4 is 5.91 Å². The van der Waals surface area contributed by atoms with Crippen molar-refractivity contribution < 1.29 is 50.0 Å². The van der Waals surface area contributed by atoms with E-state index in [4.69, 9.17) is 9.47 Å². The van der Waals surface area contributed by atoms with Gasteiger partial charge in [-0.15, -0.1) is 0 Å². The van der Waals surface area contributed by atoms with Crippen LogP contribution in [-0.4, -0.2) is 110 Å². The van der Waals surface area contributed by atoms with Crippen LogP contribution >= 0.6 is 0 Å². The van der Waals surface area contributed by atoms with E-state index in [0.29, 0.717) is 19.3 Å². The summed E-state index contributed by atoms with van der Waals surface area (Å²) >= 11 is 0. The highest BCUT2D eigenvalue weighted by Gasteiger charge is 2.44. The molecule has 11 nitrogen and oxygen atoms in total. The zero-order chi connectivity index (χ0) is 48.3. The minimum Gasteiger partial charge on any atom is -0.394 e. The second kappa shape index (κ2) is 44.5. The molecule has 1 rings (SSSR count). The Kier molecular flexibility index (Phi) is 42.1. The van der Waals surface area contributed by atoms with E-state index in [-0.39, 0.29) is 12.8 Å². The molecule has 1 saturated heterocycles. The van der Waals surface area contributed by atoms with Crippen molar-refractivity contribution in [3.8, 4) is 0 Å². The Bertz CT molecular complexity index is 1170. The molecule has 0 aliphatic carbocycles. The van der Waals surface area contributed by atoms with Crippen LogP contribution in [0.4, 0.5) is 0 Å². The lowest BCUT2D eigenvalue weighted by Crippen LogP contribution is -2.60. The van der Waals surface area contributed by atoms with Crippen LogP contribution in [0.1, 0.15) is 239 Å². The highest BCUT2D eigenvalue weighted by Crippen LogP contribution is 2.23. The lowest BCUT2D eigenvalue weighted by Gasteiger charge is -2.40.